The zero-order valence-corrected chi connectivity index (χ0v) is 22.8. The van der Waals surface area contributed by atoms with Gasteiger partial charge in [0.1, 0.15) is 23.0 Å². The Morgan fingerprint density at radius 3 is 2.02 bits per heavy atom. The molecule has 5 heteroatoms. The Morgan fingerprint density at radius 1 is 0.512 bits per heavy atom. The number of rotatable bonds is 2. The van der Waals surface area contributed by atoms with Crippen molar-refractivity contribution in [1.82, 2.24) is 0 Å². The molecule has 6 aromatic carbocycles. The molecule has 0 fully saturated rings. The van der Waals surface area contributed by atoms with Gasteiger partial charge in [-0.25, -0.2) is 0 Å². The number of fused-ring (bicyclic) bond motifs is 6. The summed E-state index contributed by atoms with van der Waals surface area (Å²) in [5.74, 6) is 3.52. The van der Waals surface area contributed by atoms with Gasteiger partial charge in [-0.15, -0.1) is 0 Å². The molecule has 0 amide bonds. The smallest absolute Gasteiger partial charge is 0.260 e. The molecule has 3 heterocycles. The molecular formula is C36H22BNO2S. The van der Waals surface area contributed by atoms with Gasteiger partial charge in [-0.2, -0.15) is 0 Å². The van der Waals surface area contributed by atoms with E-state index in [9.17, 15) is 0 Å². The summed E-state index contributed by atoms with van der Waals surface area (Å²) in [6.07, 6.45) is 0. The minimum atomic E-state index is 0.0368. The Bertz CT molecular complexity index is 2000. The molecule has 6 aromatic rings. The zero-order chi connectivity index (χ0) is 26.9. The molecule has 0 bridgehead atoms. The summed E-state index contributed by atoms with van der Waals surface area (Å²) in [6.45, 7) is 0.0368. The minimum Gasteiger partial charge on any atom is -0.458 e. The summed E-state index contributed by atoms with van der Waals surface area (Å²) in [5.41, 5.74) is 9.08. The van der Waals surface area contributed by atoms with Crippen LogP contribution in [-0.4, -0.2) is 6.71 Å². The van der Waals surface area contributed by atoms with Gasteiger partial charge in [-0.05, 0) is 65.5 Å². The largest absolute Gasteiger partial charge is 0.458 e. The first-order valence-corrected chi connectivity index (χ1v) is 14.6. The van der Waals surface area contributed by atoms with Gasteiger partial charge in [-0.1, -0.05) is 90.6 Å². The van der Waals surface area contributed by atoms with Crippen molar-refractivity contribution >= 4 is 51.9 Å². The lowest BCUT2D eigenvalue weighted by atomic mass is 9.34. The van der Waals surface area contributed by atoms with E-state index in [1.165, 1.54) is 26.4 Å². The van der Waals surface area contributed by atoms with Gasteiger partial charge in [0, 0.05) is 32.1 Å². The average Bonchev–Trinajstić information content (AvgIpc) is 3.04. The van der Waals surface area contributed by atoms with E-state index in [1.54, 1.807) is 0 Å². The molecule has 0 saturated carbocycles. The molecule has 0 N–H and O–H groups in total. The van der Waals surface area contributed by atoms with E-state index in [-0.39, 0.29) is 6.71 Å². The van der Waals surface area contributed by atoms with Crippen LogP contribution in [0.25, 0.3) is 11.1 Å². The second-order valence-electron chi connectivity index (χ2n) is 10.5. The van der Waals surface area contributed by atoms with Gasteiger partial charge >= 0.3 is 0 Å². The Morgan fingerprint density at radius 2 is 1.20 bits per heavy atom. The highest BCUT2D eigenvalue weighted by Gasteiger charge is 2.41. The zero-order valence-electron chi connectivity index (χ0n) is 22.0. The third kappa shape index (κ3) is 3.36. The van der Waals surface area contributed by atoms with Crippen LogP contribution in [0, 0.1) is 0 Å². The Kier molecular flexibility index (Phi) is 4.93. The predicted octanol–water partition coefficient (Wildman–Crippen LogP) is 8.02. The summed E-state index contributed by atoms with van der Waals surface area (Å²) in [6, 6.07) is 46.9. The van der Waals surface area contributed by atoms with Crippen LogP contribution in [0.15, 0.2) is 143 Å². The van der Waals surface area contributed by atoms with Crippen LogP contribution in [0.4, 0.5) is 17.1 Å². The number of hydrogen-bond acceptors (Lipinski definition) is 4. The molecular weight excluding hydrogens is 521 g/mol. The molecule has 0 saturated heterocycles. The van der Waals surface area contributed by atoms with E-state index in [1.807, 2.05) is 23.9 Å². The number of ether oxygens (including phenoxy) is 2. The molecule has 0 aromatic heterocycles. The monoisotopic (exact) mass is 543 g/mol. The summed E-state index contributed by atoms with van der Waals surface area (Å²) in [4.78, 5) is 4.84. The van der Waals surface area contributed by atoms with Crippen molar-refractivity contribution in [3.05, 3.63) is 133 Å². The van der Waals surface area contributed by atoms with Crippen LogP contribution in [0.5, 0.6) is 23.0 Å². The Balaban J connectivity index is 1.31. The fraction of sp³-hybridized carbons (Fsp3) is 0. The first kappa shape index (κ1) is 22.9. The summed E-state index contributed by atoms with van der Waals surface area (Å²) in [5, 5.41) is 0. The van der Waals surface area contributed by atoms with E-state index >= 15 is 0 Å². The third-order valence-corrected chi connectivity index (χ3v) is 9.30. The standard InChI is InChI=1S/C36H22BNO2S/c1-2-11-23(12-3-1)38-28-16-6-9-19-32(28)41-33-20-10-13-24(35(33)38)25-21-22-31-34-36(25)40-30-18-8-5-15-27(30)37(34)26-14-4-7-17-29(26)39-31/h1-22H. The van der Waals surface area contributed by atoms with Crippen LogP contribution in [0.3, 0.4) is 0 Å². The van der Waals surface area contributed by atoms with Crippen molar-refractivity contribution < 1.29 is 9.47 Å². The quantitative estimate of drug-likeness (QED) is 0.206. The lowest BCUT2D eigenvalue weighted by Gasteiger charge is -2.36. The Labute approximate surface area is 243 Å². The molecule has 3 aliphatic rings. The maximum absolute atomic E-state index is 6.82. The second kappa shape index (κ2) is 8.82. The summed E-state index contributed by atoms with van der Waals surface area (Å²) in [7, 11) is 0. The van der Waals surface area contributed by atoms with Crippen LogP contribution in [0.2, 0.25) is 0 Å². The molecule has 3 aliphatic heterocycles. The molecule has 9 rings (SSSR count). The van der Waals surface area contributed by atoms with E-state index < -0.39 is 0 Å². The highest BCUT2D eigenvalue weighted by atomic mass is 32.2. The van der Waals surface area contributed by atoms with Crippen molar-refractivity contribution in [2.24, 2.45) is 0 Å². The summed E-state index contributed by atoms with van der Waals surface area (Å²) >= 11 is 1.82. The van der Waals surface area contributed by atoms with E-state index in [4.69, 9.17) is 9.47 Å². The minimum absolute atomic E-state index is 0.0368. The van der Waals surface area contributed by atoms with Crippen molar-refractivity contribution in [3.63, 3.8) is 0 Å². The van der Waals surface area contributed by atoms with Crippen LogP contribution in [-0.2, 0) is 0 Å². The van der Waals surface area contributed by atoms with Crippen molar-refractivity contribution in [1.29, 1.82) is 0 Å². The van der Waals surface area contributed by atoms with E-state index in [0.717, 1.165) is 51.0 Å². The first-order valence-electron chi connectivity index (χ1n) is 13.8. The van der Waals surface area contributed by atoms with E-state index in [2.05, 4.69) is 126 Å². The number of nitrogens with zero attached hydrogens (tertiary/aromatic N) is 1. The van der Waals surface area contributed by atoms with Gasteiger partial charge in [-0.3, -0.25) is 0 Å². The predicted molar refractivity (Wildman–Crippen MR) is 168 cm³/mol. The SMILES string of the molecule is c1ccc(N2c3ccccc3Sc3cccc(-c4ccc5c6c4Oc4ccccc4B6c4ccccc4O5)c32)cc1. The molecule has 0 atom stereocenters. The molecule has 0 radical (unpaired) electrons. The Hall–Kier alpha value is -4.87. The van der Waals surface area contributed by atoms with Crippen molar-refractivity contribution in [3.8, 4) is 34.1 Å². The highest BCUT2D eigenvalue weighted by molar-refractivity contribution is 7.99. The maximum atomic E-state index is 6.82. The van der Waals surface area contributed by atoms with Crippen molar-refractivity contribution in [2.75, 3.05) is 4.90 Å². The molecule has 0 aliphatic carbocycles. The number of hydrogen-bond donors (Lipinski definition) is 0. The van der Waals surface area contributed by atoms with Gasteiger partial charge in [0.2, 0.25) is 0 Å². The molecule has 3 nitrogen and oxygen atoms in total. The van der Waals surface area contributed by atoms with Crippen LogP contribution < -0.4 is 30.8 Å². The fourth-order valence-electron chi connectivity index (χ4n) is 6.46. The molecule has 0 spiro atoms. The maximum Gasteiger partial charge on any atom is 0.260 e. The number of para-hydroxylation sites is 5. The lowest BCUT2D eigenvalue weighted by molar-refractivity contribution is 0.465. The molecule has 192 valence electrons. The van der Waals surface area contributed by atoms with Crippen LogP contribution >= 0.6 is 11.8 Å². The molecule has 0 unspecified atom stereocenters. The van der Waals surface area contributed by atoms with E-state index in [0.29, 0.717) is 0 Å². The van der Waals surface area contributed by atoms with Gasteiger partial charge in [0.15, 0.2) is 0 Å². The number of anilines is 3. The van der Waals surface area contributed by atoms with Gasteiger partial charge in [0.05, 0.1) is 11.4 Å². The summed E-state index contributed by atoms with van der Waals surface area (Å²) < 4.78 is 13.3. The first-order chi connectivity index (χ1) is 20.3. The number of benzene rings is 6. The van der Waals surface area contributed by atoms with Crippen LogP contribution in [0.1, 0.15) is 0 Å². The van der Waals surface area contributed by atoms with Crippen molar-refractivity contribution in [2.45, 2.75) is 9.79 Å². The highest BCUT2D eigenvalue weighted by Crippen LogP contribution is 2.55. The molecule has 41 heavy (non-hydrogen) atoms. The topological polar surface area (TPSA) is 21.7 Å². The van der Waals surface area contributed by atoms with Gasteiger partial charge in [0.25, 0.3) is 6.71 Å². The average molecular weight is 543 g/mol. The fourth-order valence-corrected chi connectivity index (χ4v) is 7.55. The van der Waals surface area contributed by atoms with Gasteiger partial charge < -0.3 is 14.4 Å². The normalized spacial score (nSPS) is 13.6. The third-order valence-electron chi connectivity index (χ3n) is 8.19. The second-order valence-corrected chi connectivity index (χ2v) is 11.5. The lowest BCUT2D eigenvalue weighted by Crippen LogP contribution is -2.57.